The highest BCUT2D eigenvalue weighted by molar-refractivity contribution is 6.19. The van der Waals surface area contributed by atoms with Crippen molar-refractivity contribution < 1.29 is 9.59 Å². The van der Waals surface area contributed by atoms with Gasteiger partial charge in [0.05, 0.1) is 5.41 Å². The second-order valence-corrected chi connectivity index (χ2v) is 5.73. The van der Waals surface area contributed by atoms with Crippen LogP contribution in [0.4, 0.5) is 0 Å². The van der Waals surface area contributed by atoms with Gasteiger partial charge in [-0.2, -0.15) is 0 Å². The SMILES string of the molecule is CC(C)(CCl)C(=O)NCCC(=O)N1CCCCC1. The van der Waals surface area contributed by atoms with Crippen molar-refractivity contribution in [3.63, 3.8) is 0 Å². The van der Waals surface area contributed by atoms with Crippen LogP contribution in [0.3, 0.4) is 0 Å². The van der Waals surface area contributed by atoms with Crippen LogP contribution in [-0.4, -0.2) is 42.2 Å². The number of hydrogen-bond donors (Lipinski definition) is 1. The van der Waals surface area contributed by atoms with E-state index in [4.69, 9.17) is 11.6 Å². The van der Waals surface area contributed by atoms with Gasteiger partial charge in [0.1, 0.15) is 0 Å². The third-order valence-corrected chi connectivity index (χ3v) is 3.95. The van der Waals surface area contributed by atoms with Gasteiger partial charge in [-0.3, -0.25) is 9.59 Å². The quantitative estimate of drug-likeness (QED) is 0.777. The predicted molar refractivity (Wildman–Crippen MR) is 72.6 cm³/mol. The largest absolute Gasteiger partial charge is 0.355 e. The van der Waals surface area contributed by atoms with Crippen LogP contribution in [0.5, 0.6) is 0 Å². The highest BCUT2D eigenvalue weighted by atomic mass is 35.5. The molecule has 18 heavy (non-hydrogen) atoms. The molecule has 1 heterocycles. The highest BCUT2D eigenvalue weighted by Crippen LogP contribution is 2.16. The summed E-state index contributed by atoms with van der Waals surface area (Å²) in [6, 6.07) is 0. The van der Waals surface area contributed by atoms with Gasteiger partial charge in [0.15, 0.2) is 0 Å². The first-order valence-electron chi connectivity index (χ1n) is 6.59. The number of alkyl halides is 1. The number of carbonyl (C=O) groups excluding carboxylic acids is 2. The molecular formula is C13H23ClN2O2. The molecule has 2 amide bonds. The molecule has 5 heteroatoms. The molecule has 0 aliphatic carbocycles. The predicted octanol–water partition coefficient (Wildman–Crippen LogP) is 1.77. The Balaban J connectivity index is 2.24. The first-order valence-corrected chi connectivity index (χ1v) is 7.13. The summed E-state index contributed by atoms with van der Waals surface area (Å²) in [6.45, 7) is 5.71. The lowest BCUT2D eigenvalue weighted by Crippen LogP contribution is -2.41. The lowest BCUT2D eigenvalue weighted by Gasteiger charge is -2.27. The number of likely N-dealkylation sites (tertiary alicyclic amines) is 1. The molecule has 1 fully saturated rings. The fourth-order valence-electron chi connectivity index (χ4n) is 1.88. The molecule has 0 aromatic heterocycles. The zero-order valence-electron chi connectivity index (χ0n) is 11.3. The molecule has 1 aliphatic rings. The Morgan fingerprint density at radius 2 is 1.83 bits per heavy atom. The van der Waals surface area contributed by atoms with Gasteiger partial charge in [-0.1, -0.05) is 0 Å². The standard InChI is InChI=1S/C13H23ClN2O2/c1-13(2,10-14)12(18)15-7-6-11(17)16-8-4-3-5-9-16/h3-10H2,1-2H3,(H,15,18). The zero-order valence-corrected chi connectivity index (χ0v) is 12.1. The van der Waals surface area contributed by atoms with Crippen molar-refractivity contribution in [3.05, 3.63) is 0 Å². The molecule has 1 N–H and O–H groups in total. The Hall–Kier alpha value is -0.770. The fraction of sp³-hybridized carbons (Fsp3) is 0.846. The third kappa shape index (κ3) is 4.48. The number of amides is 2. The monoisotopic (exact) mass is 274 g/mol. The van der Waals surface area contributed by atoms with Gasteiger partial charge in [-0.05, 0) is 33.1 Å². The topological polar surface area (TPSA) is 49.4 Å². The summed E-state index contributed by atoms with van der Waals surface area (Å²) in [6.07, 6.45) is 3.78. The summed E-state index contributed by atoms with van der Waals surface area (Å²) >= 11 is 5.72. The normalized spacial score (nSPS) is 16.5. The van der Waals surface area contributed by atoms with Crippen LogP contribution in [0, 0.1) is 5.41 Å². The van der Waals surface area contributed by atoms with Crippen LogP contribution < -0.4 is 5.32 Å². The van der Waals surface area contributed by atoms with E-state index >= 15 is 0 Å². The summed E-state index contributed by atoms with van der Waals surface area (Å²) in [5, 5.41) is 2.77. The van der Waals surface area contributed by atoms with Crippen molar-refractivity contribution >= 4 is 23.4 Å². The molecular weight excluding hydrogens is 252 g/mol. The number of rotatable bonds is 5. The van der Waals surface area contributed by atoms with Crippen LogP contribution in [-0.2, 0) is 9.59 Å². The average Bonchev–Trinajstić information content (AvgIpc) is 2.39. The van der Waals surface area contributed by atoms with Gasteiger partial charge in [-0.25, -0.2) is 0 Å². The molecule has 104 valence electrons. The number of piperidine rings is 1. The third-order valence-electron chi connectivity index (χ3n) is 3.28. The van der Waals surface area contributed by atoms with E-state index in [9.17, 15) is 9.59 Å². The zero-order chi connectivity index (χ0) is 13.6. The van der Waals surface area contributed by atoms with Gasteiger partial charge < -0.3 is 10.2 Å². The molecule has 0 bridgehead atoms. The van der Waals surface area contributed by atoms with E-state index in [1.807, 2.05) is 4.90 Å². The van der Waals surface area contributed by atoms with Crippen LogP contribution in [0.2, 0.25) is 0 Å². The molecule has 0 radical (unpaired) electrons. The van der Waals surface area contributed by atoms with Crippen molar-refractivity contribution in [1.29, 1.82) is 0 Å². The lowest BCUT2D eigenvalue weighted by atomic mass is 9.95. The summed E-state index contributed by atoms with van der Waals surface area (Å²) in [5.41, 5.74) is -0.574. The average molecular weight is 275 g/mol. The van der Waals surface area contributed by atoms with E-state index in [0.29, 0.717) is 13.0 Å². The van der Waals surface area contributed by atoms with Crippen LogP contribution in [0.15, 0.2) is 0 Å². The van der Waals surface area contributed by atoms with Crippen LogP contribution in [0.1, 0.15) is 39.5 Å². The summed E-state index contributed by atoms with van der Waals surface area (Å²) in [4.78, 5) is 25.5. The van der Waals surface area contributed by atoms with E-state index in [-0.39, 0.29) is 17.7 Å². The maximum absolute atomic E-state index is 11.8. The molecule has 0 unspecified atom stereocenters. The molecule has 4 nitrogen and oxygen atoms in total. The Kier molecular flexibility index (Phi) is 5.93. The lowest BCUT2D eigenvalue weighted by molar-refractivity contribution is -0.132. The minimum Gasteiger partial charge on any atom is -0.355 e. The van der Waals surface area contributed by atoms with Crippen molar-refractivity contribution in [2.75, 3.05) is 25.5 Å². The number of halogens is 1. The van der Waals surface area contributed by atoms with E-state index in [1.165, 1.54) is 6.42 Å². The Morgan fingerprint density at radius 3 is 2.39 bits per heavy atom. The van der Waals surface area contributed by atoms with Crippen molar-refractivity contribution in [2.24, 2.45) is 5.41 Å². The Bertz CT molecular complexity index is 299. The van der Waals surface area contributed by atoms with E-state index in [0.717, 1.165) is 25.9 Å². The number of nitrogens with zero attached hydrogens (tertiary/aromatic N) is 1. The number of carbonyl (C=O) groups is 2. The molecule has 0 atom stereocenters. The van der Waals surface area contributed by atoms with Crippen LogP contribution in [0.25, 0.3) is 0 Å². The molecule has 1 aliphatic heterocycles. The smallest absolute Gasteiger partial charge is 0.226 e. The fourth-order valence-corrected chi connectivity index (χ4v) is 2.01. The van der Waals surface area contributed by atoms with Gasteiger partial charge in [0.25, 0.3) is 0 Å². The van der Waals surface area contributed by atoms with Crippen molar-refractivity contribution in [1.82, 2.24) is 10.2 Å². The molecule has 1 saturated heterocycles. The minimum absolute atomic E-state index is 0.0936. The van der Waals surface area contributed by atoms with Gasteiger partial charge in [-0.15, -0.1) is 11.6 Å². The molecule has 0 spiro atoms. The van der Waals surface area contributed by atoms with Gasteiger partial charge in [0.2, 0.25) is 11.8 Å². The maximum Gasteiger partial charge on any atom is 0.226 e. The highest BCUT2D eigenvalue weighted by Gasteiger charge is 2.26. The van der Waals surface area contributed by atoms with Crippen molar-refractivity contribution in [3.8, 4) is 0 Å². The van der Waals surface area contributed by atoms with E-state index in [1.54, 1.807) is 13.8 Å². The van der Waals surface area contributed by atoms with Gasteiger partial charge >= 0.3 is 0 Å². The van der Waals surface area contributed by atoms with Gasteiger partial charge in [0, 0.05) is 31.9 Å². The first kappa shape index (κ1) is 15.3. The number of nitrogens with one attached hydrogen (secondary N) is 1. The van der Waals surface area contributed by atoms with E-state index < -0.39 is 5.41 Å². The molecule has 0 saturated carbocycles. The minimum atomic E-state index is -0.574. The summed E-state index contributed by atoms with van der Waals surface area (Å²) in [7, 11) is 0. The summed E-state index contributed by atoms with van der Waals surface area (Å²) in [5.74, 6) is 0.321. The number of hydrogen-bond acceptors (Lipinski definition) is 2. The Labute approximate surface area is 114 Å². The maximum atomic E-state index is 11.8. The van der Waals surface area contributed by atoms with E-state index in [2.05, 4.69) is 5.32 Å². The van der Waals surface area contributed by atoms with Crippen LogP contribution >= 0.6 is 11.6 Å². The second kappa shape index (κ2) is 6.98. The second-order valence-electron chi connectivity index (χ2n) is 5.46. The molecule has 1 rings (SSSR count). The Morgan fingerprint density at radius 1 is 1.22 bits per heavy atom. The molecule has 0 aromatic carbocycles. The first-order chi connectivity index (χ1) is 8.47. The van der Waals surface area contributed by atoms with Crippen molar-refractivity contribution in [2.45, 2.75) is 39.5 Å². The molecule has 0 aromatic rings. The summed E-state index contributed by atoms with van der Waals surface area (Å²) < 4.78 is 0.